The minimum Gasteiger partial charge on any atom is -0.545 e. The summed E-state index contributed by atoms with van der Waals surface area (Å²) < 4.78 is 0. The second-order valence-electron chi connectivity index (χ2n) is 3.21. The summed E-state index contributed by atoms with van der Waals surface area (Å²) in [6.07, 6.45) is 1.47. The molecule has 0 aromatic carbocycles. The van der Waals surface area contributed by atoms with Crippen LogP contribution in [0.4, 0.5) is 4.79 Å². The summed E-state index contributed by atoms with van der Waals surface area (Å²) >= 11 is 0. The first-order chi connectivity index (χ1) is 8.15. The van der Waals surface area contributed by atoms with Gasteiger partial charge in [0, 0.05) is 138 Å². The van der Waals surface area contributed by atoms with E-state index in [1.54, 1.807) is 0 Å². The number of rotatable bonds is 1. The Bertz CT molecular complexity index is 161. The zero-order chi connectivity index (χ0) is 16.1. The average Bonchev–Trinajstić information content (AvgIpc) is 2.20. The second-order valence-corrected chi connectivity index (χ2v) is 3.21. The molecule has 1 atom stereocenters. The first kappa shape index (κ1) is 79.5. The van der Waals surface area contributed by atoms with Crippen LogP contribution in [0.1, 0.15) is 55.4 Å². The van der Waals surface area contributed by atoms with Gasteiger partial charge in [-0.3, -0.25) is 6.79 Å². The SMILES string of the molecule is C.CC(C)=O.CCC.O=C(O)O.[CH-]=O.[CH2-]C(C)[CH-]C.[CH3-].[V].[W].[Y].[Y].[Y]. The normalized spacial score (nSPS) is 5.88. The van der Waals surface area contributed by atoms with Crippen LogP contribution >= 0.6 is 0 Å². The van der Waals surface area contributed by atoms with Crippen molar-refractivity contribution in [1.29, 1.82) is 0 Å². The minimum absolute atomic E-state index is 0. The Balaban J connectivity index is -0.00000000806. The Kier molecular flexibility index (Phi) is 295. The fourth-order valence-electron chi connectivity index (χ4n) is 0. The van der Waals surface area contributed by atoms with Crippen LogP contribution in [-0.2, 0) is 147 Å². The zero-order valence-electron chi connectivity index (χ0n) is 15.9. The number of carbonyl (C=O) groups is 2. The smallest absolute Gasteiger partial charge is 0.503 e. The molecule has 0 spiro atoms. The van der Waals surface area contributed by atoms with Gasteiger partial charge in [-0.15, -0.1) is 6.92 Å². The van der Waals surface area contributed by atoms with Crippen molar-refractivity contribution >= 4 is 18.7 Å². The summed E-state index contributed by atoms with van der Waals surface area (Å²) in [6.45, 7) is 18.3. The maximum absolute atomic E-state index is 9.44. The number of ketones is 1. The van der Waals surface area contributed by atoms with E-state index in [0.29, 0.717) is 5.92 Å². The Morgan fingerprint density at radius 2 is 1.12 bits per heavy atom. The largest absolute Gasteiger partial charge is 0.545 e. The molecule has 0 fully saturated rings. The number of carbonyl (C=O) groups excluding carboxylic acids is 2. The molecule has 148 valence electrons. The van der Waals surface area contributed by atoms with Crippen LogP contribution < -0.4 is 0 Å². The molecule has 0 bridgehead atoms. The van der Waals surface area contributed by atoms with Gasteiger partial charge in [0.1, 0.15) is 5.78 Å². The van der Waals surface area contributed by atoms with Crippen LogP contribution in [0.5, 0.6) is 0 Å². The summed E-state index contributed by atoms with van der Waals surface area (Å²) in [4.78, 5) is 25.8. The van der Waals surface area contributed by atoms with Gasteiger partial charge in [0.2, 0.25) is 0 Å². The van der Waals surface area contributed by atoms with Crippen molar-refractivity contribution in [2.45, 2.75) is 55.4 Å². The maximum atomic E-state index is 9.44. The summed E-state index contributed by atoms with van der Waals surface area (Å²) in [6, 6.07) is 0. The Morgan fingerprint density at radius 3 is 1.12 bits per heavy atom. The number of hydrogen-bond acceptors (Lipinski definition) is 3. The van der Waals surface area contributed by atoms with E-state index in [4.69, 9.17) is 19.8 Å². The number of Topliss-reactive ketones (excluding diaryl/α,β-unsaturated/α-hetero) is 1. The van der Waals surface area contributed by atoms with Crippen LogP contribution in [0.25, 0.3) is 0 Å². The quantitative estimate of drug-likeness (QED) is 0.297. The molecule has 0 aliphatic rings. The maximum Gasteiger partial charge on any atom is 0.503 e. The van der Waals surface area contributed by atoms with Crippen molar-refractivity contribution in [3.05, 3.63) is 20.8 Å². The van der Waals surface area contributed by atoms with Crippen molar-refractivity contribution in [3.63, 3.8) is 0 Å². The van der Waals surface area contributed by atoms with Crippen LogP contribution in [0.2, 0.25) is 0 Å². The summed E-state index contributed by atoms with van der Waals surface area (Å²) in [5, 5.41) is 13.9. The van der Waals surface area contributed by atoms with Gasteiger partial charge < -0.3 is 46.5 Å². The van der Waals surface area contributed by atoms with Crippen molar-refractivity contribution in [2.75, 3.05) is 0 Å². The Morgan fingerprint density at radius 1 is 1.08 bits per heavy atom. The molecular weight excluding hydrogens is 762 g/mol. The van der Waals surface area contributed by atoms with Gasteiger partial charge in [-0.1, -0.05) is 27.7 Å². The first-order valence-electron chi connectivity index (χ1n) is 5.40. The molecule has 0 aliphatic carbocycles. The van der Waals surface area contributed by atoms with Gasteiger partial charge in [-0.25, -0.2) is 4.79 Å². The molecule has 0 saturated heterocycles. The van der Waals surface area contributed by atoms with Crippen molar-refractivity contribution in [1.82, 2.24) is 0 Å². The molecule has 0 heterocycles. The monoisotopic (exact) mass is 796 g/mol. The Hall–Kier alpha value is 3.19. The van der Waals surface area contributed by atoms with Crippen LogP contribution in [-0.4, -0.2) is 28.9 Å². The topological polar surface area (TPSA) is 91.7 Å². The molecule has 0 rings (SSSR count). The van der Waals surface area contributed by atoms with Gasteiger partial charge in [-0.05, 0) is 13.8 Å². The second kappa shape index (κ2) is 92.6. The van der Waals surface area contributed by atoms with Gasteiger partial charge in [0.25, 0.3) is 0 Å². The third kappa shape index (κ3) is 640. The molecule has 0 amide bonds. The van der Waals surface area contributed by atoms with Gasteiger partial charge >= 0.3 is 6.16 Å². The molecule has 0 aliphatic heterocycles. The van der Waals surface area contributed by atoms with E-state index in [0.717, 1.165) is 0 Å². The summed E-state index contributed by atoms with van der Waals surface area (Å²) in [5.41, 5.74) is 0. The summed E-state index contributed by atoms with van der Waals surface area (Å²) in [5.74, 6) is 0.676. The fourth-order valence-corrected chi connectivity index (χ4v) is 0. The third-order valence-electron chi connectivity index (χ3n) is 0.569. The average molecular weight is 796 g/mol. The molecule has 5 nitrogen and oxygen atoms in total. The minimum atomic E-state index is -1.83. The molecule has 1 unspecified atom stereocenters. The molecule has 0 aromatic rings. The zero-order valence-corrected chi connectivity index (χ0v) is 28.7. The van der Waals surface area contributed by atoms with E-state index in [1.807, 2.05) is 6.92 Å². The van der Waals surface area contributed by atoms with E-state index in [-0.39, 0.29) is 158 Å². The van der Waals surface area contributed by atoms with E-state index in [9.17, 15) is 4.79 Å². The third-order valence-corrected chi connectivity index (χ3v) is 0.569. The Labute approximate surface area is 259 Å². The molecular formula is C15H34O5VWY3-4. The predicted octanol–water partition coefficient (Wildman–Crippen LogP) is 4.71. The van der Waals surface area contributed by atoms with Gasteiger partial charge in [0.15, 0.2) is 0 Å². The van der Waals surface area contributed by atoms with Crippen molar-refractivity contribution in [3.8, 4) is 0 Å². The molecule has 4 radical (unpaired) electrons. The molecule has 0 saturated carbocycles. The van der Waals surface area contributed by atoms with E-state index in [2.05, 4.69) is 40.9 Å². The van der Waals surface area contributed by atoms with Gasteiger partial charge in [0.05, 0.1) is 0 Å². The molecule has 0 aromatic heterocycles. The predicted molar refractivity (Wildman–Crippen MR) is 87.4 cm³/mol. The van der Waals surface area contributed by atoms with Crippen LogP contribution in [0.15, 0.2) is 0 Å². The standard InChI is InChI=1S/C5H10.C3H6O.C3H8.CH2O3.CHO.CH4.CH3.V.W.3Y/c1-4-5(2)3;1-3(2)4;1-3-2;2-1(3)4;1-2;;;;;;;/h4-5H,2H2,1,3H3;1-2H3;3H2,1-2H3;(H2,2,3,4);1H;1H4;1H3;;;;;/q-2;;;;-1;;-1;;;;;. The van der Waals surface area contributed by atoms with Crippen LogP contribution in [0.3, 0.4) is 0 Å². The number of hydrogen-bond donors (Lipinski definition) is 2. The van der Waals surface area contributed by atoms with Crippen LogP contribution in [0, 0.1) is 26.7 Å². The van der Waals surface area contributed by atoms with Gasteiger partial charge in [-0.2, -0.15) is 6.92 Å². The van der Waals surface area contributed by atoms with E-state index in [1.165, 1.54) is 20.3 Å². The fraction of sp³-hybridized carbons (Fsp3) is 0.600. The summed E-state index contributed by atoms with van der Waals surface area (Å²) in [7, 11) is 0. The first-order valence-corrected chi connectivity index (χ1v) is 5.40. The van der Waals surface area contributed by atoms with Crippen molar-refractivity contribution < 1.29 is 162 Å². The number of carboxylic acid groups (broad SMARTS) is 2. The molecule has 25 heavy (non-hydrogen) atoms. The van der Waals surface area contributed by atoms with E-state index < -0.39 is 6.16 Å². The van der Waals surface area contributed by atoms with Crippen molar-refractivity contribution in [2.24, 2.45) is 5.92 Å². The molecule has 10 heteroatoms. The molecule has 2 N–H and O–H groups in total. The van der Waals surface area contributed by atoms with E-state index >= 15 is 0 Å².